The molecule has 2 atom stereocenters. The largest absolute Gasteiger partial charge is 0.354 e. The summed E-state index contributed by atoms with van der Waals surface area (Å²) in [6.45, 7) is 3.67. The summed E-state index contributed by atoms with van der Waals surface area (Å²) in [5, 5.41) is 3.09. The van der Waals surface area contributed by atoms with Gasteiger partial charge in [-0.25, -0.2) is 0 Å². The van der Waals surface area contributed by atoms with Crippen LogP contribution in [-0.4, -0.2) is 43.5 Å². The average Bonchev–Trinajstić information content (AvgIpc) is 2.33. The van der Waals surface area contributed by atoms with E-state index in [1.54, 1.807) is 0 Å². The molecule has 1 rings (SSSR count). The zero-order valence-electron chi connectivity index (χ0n) is 12.2. The molecule has 1 aliphatic rings. The zero-order chi connectivity index (χ0) is 13.6. The summed E-state index contributed by atoms with van der Waals surface area (Å²) in [4.78, 5) is 14.0. The smallest absolute Gasteiger partial charge is 0.220 e. The molecule has 0 spiro atoms. The molecule has 0 radical (unpaired) electrons. The fourth-order valence-corrected chi connectivity index (χ4v) is 2.97. The molecule has 0 aliphatic heterocycles. The Morgan fingerprint density at radius 3 is 2.78 bits per heavy atom. The van der Waals surface area contributed by atoms with E-state index in [1.165, 1.54) is 25.7 Å². The molecule has 4 nitrogen and oxygen atoms in total. The predicted octanol–water partition coefficient (Wildman–Crippen LogP) is 1.35. The maximum atomic E-state index is 11.7. The van der Waals surface area contributed by atoms with Gasteiger partial charge in [-0.1, -0.05) is 19.8 Å². The maximum Gasteiger partial charge on any atom is 0.220 e. The highest BCUT2D eigenvalue weighted by Gasteiger charge is 2.36. The predicted molar refractivity (Wildman–Crippen MR) is 75.3 cm³/mol. The molecular weight excluding hydrogens is 226 g/mol. The highest BCUT2D eigenvalue weighted by Crippen LogP contribution is 2.35. The van der Waals surface area contributed by atoms with Gasteiger partial charge in [0.25, 0.3) is 0 Å². The number of rotatable bonds is 6. The lowest BCUT2D eigenvalue weighted by Crippen LogP contribution is -2.55. The number of likely N-dealkylation sites (N-methyl/N-ethyl adjacent to an activating group) is 1. The van der Waals surface area contributed by atoms with Gasteiger partial charge < -0.3 is 16.0 Å². The molecule has 3 N–H and O–H groups in total. The fourth-order valence-electron chi connectivity index (χ4n) is 2.97. The van der Waals surface area contributed by atoms with Crippen LogP contribution in [0.2, 0.25) is 0 Å². The molecule has 1 aliphatic carbocycles. The fraction of sp³-hybridized carbons (Fsp3) is 0.929. The Bertz CT molecular complexity index is 268. The molecule has 1 saturated carbocycles. The number of amides is 1. The van der Waals surface area contributed by atoms with Crippen LogP contribution in [0.1, 0.15) is 45.4 Å². The van der Waals surface area contributed by atoms with Crippen LogP contribution in [0.5, 0.6) is 0 Å². The van der Waals surface area contributed by atoms with Gasteiger partial charge in [0.15, 0.2) is 0 Å². The summed E-state index contributed by atoms with van der Waals surface area (Å²) >= 11 is 0. The molecule has 0 aromatic carbocycles. The van der Waals surface area contributed by atoms with E-state index in [0.717, 1.165) is 18.9 Å². The van der Waals surface area contributed by atoms with Crippen LogP contribution in [-0.2, 0) is 4.79 Å². The Labute approximate surface area is 111 Å². The first kappa shape index (κ1) is 15.4. The van der Waals surface area contributed by atoms with E-state index < -0.39 is 0 Å². The Kier molecular flexibility index (Phi) is 6.09. The van der Waals surface area contributed by atoms with Crippen LogP contribution < -0.4 is 11.1 Å². The molecule has 0 aromatic heterocycles. The van der Waals surface area contributed by atoms with Crippen LogP contribution in [0.15, 0.2) is 0 Å². The van der Waals surface area contributed by atoms with Gasteiger partial charge in [0.05, 0.1) is 0 Å². The highest BCUT2D eigenvalue weighted by atomic mass is 16.1. The monoisotopic (exact) mass is 255 g/mol. The zero-order valence-corrected chi connectivity index (χ0v) is 12.2. The van der Waals surface area contributed by atoms with Crippen molar-refractivity contribution < 1.29 is 4.79 Å². The van der Waals surface area contributed by atoms with Gasteiger partial charge >= 0.3 is 0 Å². The van der Waals surface area contributed by atoms with Crippen molar-refractivity contribution in [3.63, 3.8) is 0 Å². The lowest BCUT2D eigenvalue weighted by Gasteiger charge is -2.45. The van der Waals surface area contributed by atoms with Crippen molar-refractivity contribution in [1.82, 2.24) is 10.2 Å². The maximum absolute atomic E-state index is 11.7. The topological polar surface area (TPSA) is 58.4 Å². The van der Waals surface area contributed by atoms with Gasteiger partial charge in [-0.05, 0) is 45.8 Å². The van der Waals surface area contributed by atoms with Crippen LogP contribution in [0.4, 0.5) is 0 Å². The minimum absolute atomic E-state index is 0.139. The standard InChI is InChI=1S/C14H29N3O/c1-12-6-4-8-14(10-12,17(2)3)11-16-13(18)7-5-9-15/h12H,4-11,15H2,1-3H3,(H,16,18). The number of hydrogen-bond acceptors (Lipinski definition) is 3. The van der Waals surface area contributed by atoms with E-state index in [2.05, 4.69) is 31.2 Å². The quantitative estimate of drug-likeness (QED) is 0.753. The first-order valence-electron chi connectivity index (χ1n) is 7.14. The summed E-state index contributed by atoms with van der Waals surface area (Å²) in [6, 6.07) is 0. The number of nitrogens with one attached hydrogen (secondary N) is 1. The second kappa shape index (κ2) is 7.10. The van der Waals surface area contributed by atoms with Crippen molar-refractivity contribution >= 4 is 5.91 Å². The molecule has 106 valence electrons. The third-order valence-corrected chi connectivity index (χ3v) is 4.24. The normalized spacial score (nSPS) is 28.4. The minimum atomic E-state index is 0.139. The number of nitrogens with two attached hydrogens (primary N) is 1. The van der Waals surface area contributed by atoms with Crippen molar-refractivity contribution in [1.29, 1.82) is 0 Å². The number of nitrogens with zero attached hydrogens (tertiary/aromatic N) is 1. The summed E-state index contributed by atoms with van der Waals surface area (Å²) in [6.07, 6.45) is 6.26. The summed E-state index contributed by atoms with van der Waals surface area (Å²) in [7, 11) is 4.26. The molecule has 0 heterocycles. The second-order valence-corrected chi connectivity index (χ2v) is 5.99. The second-order valence-electron chi connectivity index (χ2n) is 5.99. The first-order chi connectivity index (χ1) is 8.50. The van der Waals surface area contributed by atoms with Gasteiger partial charge in [-0.2, -0.15) is 0 Å². The van der Waals surface area contributed by atoms with E-state index >= 15 is 0 Å². The molecular formula is C14H29N3O. The highest BCUT2D eigenvalue weighted by molar-refractivity contribution is 5.75. The lowest BCUT2D eigenvalue weighted by molar-refractivity contribution is -0.122. The van der Waals surface area contributed by atoms with Crippen molar-refractivity contribution in [2.24, 2.45) is 11.7 Å². The number of carbonyl (C=O) groups excluding carboxylic acids is 1. The van der Waals surface area contributed by atoms with E-state index in [0.29, 0.717) is 13.0 Å². The average molecular weight is 255 g/mol. The summed E-state index contributed by atoms with van der Waals surface area (Å²) < 4.78 is 0. The van der Waals surface area contributed by atoms with Crippen molar-refractivity contribution in [3.8, 4) is 0 Å². The molecule has 2 unspecified atom stereocenters. The molecule has 1 amide bonds. The molecule has 0 aromatic rings. The number of carbonyl (C=O) groups is 1. The van der Waals surface area contributed by atoms with Gasteiger partial charge in [0, 0.05) is 18.5 Å². The van der Waals surface area contributed by atoms with E-state index in [-0.39, 0.29) is 11.4 Å². The van der Waals surface area contributed by atoms with Crippen LogP contribution in [0.3, 0.4) is 0 Å². The SMILES string of the molecule is CC1CCCC(CNC(=O)CCCN)(N(C)C)C1. The lowest BCUT2D eigenvalue weighted by atomic mass is 9.75. The number of hydrogen-bond donors (Lipinski definition) is 2. The molecule has 18 heavy (non-hydrogen) atoms. The third-order valence-electron chi connectivity index (χ3n) is 4.24. The van der Waals surface area contributed by atoms with E-state index in [4.69, 9.17) is 5.73 Å². The van der Waals surface area contributed by atoms with E-state index in [9.17, 15) is 4.79 Å². The van der Waals surface area contributed by atoms with Gasteiger partial charge in [0.2, 0.25) is 5.91 Å². The van der Waals surface area contributed by atoms with Gasteiger partial charge in [-0.3, -0.25) is 4.79 Å². The summed E-state index contributed by atoms with van der Waals surface area (Å²) in [5.74, 6) is 0.891. The Morgan fingerprint density at radius 2 is 2.22 bits per heavy atom. The third kappa shape index (κ3) is 4.25. The molecule has 0 bridgehead atoms. The Balaban J connectivity index is 2.50. The van der Waals surface area contributed by atoms with Crippen molar-refractivity contribution in [2.45, 2.75) is 51.0 Å². The molecule has 0 saturated heterocycles. The van der Waals surface area contributed by atoms with Gasteiger partial charge in [0.1, 0.15) is 0 Å². The first-order valence-corrected chi connectivity index (χ1v) is 7.14. The van der Waals surface area contributed by atoms with Crippen LogP contribution in [0.25, 0.3) is 0 Å². The Morgan fingerprint density at radius 1 is 1.50 bits per heavy atom. The van der Waals surface area contributed by atoms with Gasteiger partial charge in [-0.15, -0.1) is 0 Å². The minimum Gasteiger partial charge on any atom is -0.354 e. The van der Waals surface area contributed by atoms with E-state index in [1.807, 2.05) is 0 Å². The van der Waals surface area contributed by atoms with Crippen LogP contribution >= 0.6 is 0 Å². The van der Waals surface area contributed by atoms with Crippen LogP contribution in [0, 0.1) is 5.92 Å². The molecule has 1 fully saturated rings. The summed E-state index contributed by atoms with van der Waals surface area (Å²) in [5.41, 5.74) is 5.57. The Hall–Kier alpha value is -0.610. The van der Waals surface area contributed by atoms with Crippen molar-refractivity contribution in [2.75, 3.05) is 27.2 Å². The molecule has 4 heteroatoms. The van der Waals surface area contributed by atoms with Crippen molar-refractivity contribution in [3.05, 3.63) is 0 Å².